The summed E-state index contributed by atoms with van der Waals surface area (Å²) in [5.74, 6) is 0.0294. The van der Waals surface area contributed by atoms with Crippen molar-refractivity contribution in [3.8, 4) is 0 Å². The minimum absolute atomic E-state index is 0.120. The standard InChI is InChI=1S/C16H24FNO3S/c1-2-22(19,20)12-9-18(15-7-10-21-11-8-15)13-14-5-3-4-6-16(14)17/h3-6,15H,2,7-13H2,1H3. The fourth-order valence-electron chi connectivity index (χ4n) is 2.69. The van der Waals surface area contributed by atoms with E-state index in [2.05, 4.69) is 4.90 Å². The first kappa shape index (κ1) is 17.4. The van der Waals surface area contributed by atoms with Crippen LogP contribution in [0, 0.1) is 5.82 Å². The zero-order valence-electron chi connectivity index (χ0n) is 13.0. The minimum atomic E-state index is -3.02. The number of rotatable bonds is 7. The van der Waals surface area contributed by atoms with Crippen LogP contribution < -0.4 is 0 Å². The quantitative estimate of drug-likeness (QED) is 0.770. The van der Waals surface area contributed by atoms with Crippen molar-refractivity contribution in [3.63, 3.8) is 0 Å². The van der Waals surface area contributed by atoms with Gasteiger partial charge in [0.05, 0.1) is 5.75 Å². The number of ether oxygens (including phenoxy) is 1. The smallest absolute Gasteiger partial charge is 0.151 e. The lowest BCUT2D eigenvalue weighted by Crippen LogP contribution is -2.41. The molecule has 0 aliphatic carbocycles. The molecule has 1 aliphatic rings. The summed E-state index contributed by atoms with van der Waals surface area (Å²) in [6, 6.07) is 6.93. The molecule has 0 saturated carbocycles. The summed E-state index contributed by atoms with van der Waals surface area (Å²) in [5, 5.41) is 0. The molecule has 6 heteroatoms. The van der Waals surface area contributed by atoms with Gasteiger partial charge in [-0.05, 0) is 18.9 Å². The van der Waals surface area contributed by atoms with Crippen molar-refractivity contribution in [3.05, 3.63) is 35.6 Å². The zero-order valence-corrected chi connectivity index (χ0v) is 13.8. The van der Waals surface area contributed by atoms with Gasteiger partial charge in [-0.25, -0.2) is 12.8 Å². The lowest BCUT2D eigenvalue weighted by molar-refractivity contribution is 0.0329. The van der Waals surface area contributed by atoms with Gasteiger partial charge in [0, 0.05) is 43.7 Å². The van der Waals surface area contributed by atoms with Crippen LogP contribution in [0.1, 0.15) is 25.3 Å². The van der Waals surface area contributed by atoms with Gasteiger partial charge < -0.3 is 4.74 Å². The molecule has 1 aromatic rings. The molecule has 1 aliphatic heterocycles. The van der Waals surface area contributed by atoms with Crippen LogP contribution in [0.25, 0.3) is 0 Å². The highest BCUT2D eigenvalue weighted by Crippen LogP contribution is 2.19. The van der Waals surface area contributed by atoms with Gasteiger partial charge in [0.15, 0.2) is 9.84 Å². The number of hydrogen-bond acceptors (Lipinski definition) is 4. The third-order valence-corrected chi connectivity index (χ3v) is 5.85. The molecule has 0 amide bonds. The molecule has 1 fully saturated rings. The van der Waals surface area contributed by atoms with Gasteiger partial charge in [-0.2, -0.15) is 0 Å². The van der Waals surface area contributed by atoms with Crippen LogP contribution in [0.4, 0.5) is 4.39 Å². The molecule has 4 nitrogen and oxygen atoms in total. The summed E-state index contributed by atoms with van der Waals surface area (Å²) < 4.78 is 42.8. The maximum absolute atomic E-state index is 13.9. The number of halogens is 1. The molecule has 0 bridgehead atoms. The molecule has 0 N–H and O–H groups in total. The molecular weight excluding hydrogens is 305 g/mol. The third-order valence-electron chi connectivity index (χ3n) is 4.17. The summed E-state index contributed by atoms with van der Waals surface area (Å²) in [6.45, 7) is 3.90. The summed E-state index contributed by atoms with van der Waals surface area (Å²) in [6.07, 6.45) is 1.72. The van der Waals surface area contributed by atoms with Crippen molar-refractivity contribution in [2.75, 3.05) is 31.3 Å². The maximum Gasteiger partial charge on any atom is 0.151 e. The van der Waals surface area contributed by atoms with E-state index in [-0.39, 0.29) is 23.4 Å². The van der Waals surface area contributed by atoms with Gasteiger partial charge in [0.2, 0.25) is 0 Å². The number of hydrogen-bond donors (Lipinski definition) is 0. The van der Waals surface area contributed by atoms with Crippen LogP contribution in [0.2, 0.25) is 0 Å². The number of nitrogens with zero attached hydrogens (tertiary/aromatic N) is 1. The molecule has 1 aromatic carbocycles. The van der Waals surface area contributed by atoms with E-state index in [1.165, 1.54) is 6.07 Å². The normalized spacial score (nSPS) is 17.0. The van der Waals surface area contributed by atoms with E-state index in [9.17, 15) is 12.8 Å². The Bertz CT molecular complexity index is 571. The van der Waals surface area contributed by atoms with Gasteiger partial charge in [-0.3, -0.25) is 4.90 Å². The van der Waals surface area contributed by atoms with E-state index in [1.54, 1.807) is 19.1 Å². The fourth-order valence-corrected chi connectivity index (χ4v) is 3.49. The molecule has 124 valence electrons. The summed E-state index contributed by atoms with van der Waals surface area (Å²) in [4.78, 5) is 2.09. The van der Waals surface area contributed by atoms with Gasteiger partial charge >= 0.3 is 0 Å². The molecule has 0 atom stereocenters. The van der Waals surface area contributed by atoms with E-state index in [0.29, 0.717) is 31.9 Å². The van der Waals surface area contributed by atoms with Crippen LogP contribution in [0.5, 0.6) is 0 Å². The average Bonchev–Trinajstić information content (AvgIpc) is 2.54. The highest BCUT2D eigenvalue weighted by molar-refractivity contribution is 7.91. The lowest BCUT2D eigenvalue weighted by atomic mass is 10.1. The first-order valence-electron chi connectivity index (χ1n) is 7.77. The molecule has 22 heavy (non-hydrogen) atoms. The van der Waals surface area contributed by atoms with Crippen LogP contribution in [-0.2, 0) is 21.1 Å². The van der Waals surface area contributed by atoms with Crippen molar-refractivity contribution in [2.45, 2.75) is 32.4 Å². The maximum atomic E-state index is 13.9. The van der Waals surface area contributed by atoms with E-state index in [4.69, 9.17) is 4.74 Å². The molecule has 1 heterocycles. The predicted molar refractivity (Wildman–Crippen MR) is 85.0 cm³/mol. The van der Waals surface area contributed by atoms with Crippen molar-refractivity contribution in [1.29, 1.82) is 0 Å². The summed E-state index contributed by atoms with van der Waals surface area (Å²) in [5.41, 5.74) is 0.614. The van der Waals surface area contributed by atoms with Crippen molar-refractivity contribution < 1.29 is 17.5 Å². The third kappa shape index (κ3) is 5.04. The Morgan fingerprint density at radius 2 is 1.95 bits per heavy atom. The van der Waals surface area contributed by atoms with Gasteiger partial charge in [-0.1, -0.05) is 25.1 Å². The van der Waals surface area contributed by atoms with Gasteiger partial charge in [-0.15, -0.1) is 0 Å². The Kier molecular flexibility index (Phi) is 6.35. The Hall–Kier alpha value is -0.980. The zero-order chi connectivity index (χ0) is 16.0. The second-order valence-corrected chi connectivity index (χ2v) is 8.11. The van der Waals surface area contributed by atoms with E-state index >= 15 is 0 Å². The van der Waals surface area contributed by atoms with Crippen molar-refractivity contribution in [1.82, 2.24) is 4.90 Å². The Balaban J connectivity index is 2.08. The first-order valence-corrected chi connectivity index (χ1v) is 9.59. The largest absolute Gasteiger partial charge is 0.381 e. The van der Waals surface area contributed by atoms with Gasteiger partial charge in [0.1, 0.15) is 5.82 Å². The van der Waals surface area contributed by atoms with E-state index in [0.717, 1.165) is 12.8 Å². The molecule has 1 saturated heterocycles. The molecule has 0 aromatic heterocycles. The van der Waals surface area contributed by atoms with Crippen LogP contribution >= 0.6 is 0 Å². The van der Waals surface area contributed by atoms with E-state index in [1.807, 2.05) is 6.07 Å². The topological polar surface area (TPSA) is 46.6 Å². The first-order chi connectivity index (χ1) is 10.5. The van der Waals surface area contributed by atoms with Gasteiger partial charge in [0.25, 0.3) is 0 Å². The molecule has 0 radical (unpaired) electrons. The number of sulfone groups is 1. The summed E-state index contributed by atoms with van der Waals surface area (Å²) >= 11 is 0. The second kappa shape index (κ2) is 8.04. The van der Waals surface area contributed by atoms with Crippen LogP contribution in [0.15, 0.2) is 24.3 Å². The van der Waals surface area contributed by atoms with Crippen molar-refractivity contribution >= 4 is 9.84 Å². The predicted octanol–water partition coefficient (Wildman–Crippen LogP) is 2.24. The van der Waals surface area contributed by atoms with Crippen LogP contribution in [0.3, 0.4) is 0 Å². The minimum Gasteiger partial charge on any atom is -0.381 e. The number of benzene rings is 1. The van der Waals surface area contributed by atoms with E-state index < -0.39 is 9.84 Å². The SMILES string of the molecule is CCS(=O)(=O)CCN(Cc1ccccc1F)C1CCOCC1. The lowest BCUT2D eigenvalue weighted by Gasteiger charge is -2.34. The Morgan fingerprint density at radius 3 is 2.59 bits per heavy atom. The molecular formula is C16H24FNO3S. The monoisotopic (exact) mass is 329 g/mol. The Morgan fingerprint density at radius 1 is 1.27 bits per heavy atom. The molecule has 2 rings (SSSR count). The van der Waals surface area contributed by atoms with Crippen molar-refractivity contribution in [2.24, 2.45) is 0 Å². The molecule has 0 spiro atoms. The highest BCUT2D eigenvalue weighted by atomic mass is 32.2. The fraction of sp³-hybridized carbons (Fsp3) is 0.625. The Labute approximate surface area is 132 Å². The summed E-state index contributed by atoms with van der Waals surface area (Å²) in [7, 11) is -3.02. The second-order valence-electron chi connectivity index (χ2n) is 5.64. The van der Waals surface area contributed by atoms with Crippen LogP contribution in [-0.4, -0.2) is 50.6 Å². The molecule has 0 unspecified atom stereocenters. The average molecular weight is 329 g/mol. The highest BCUT2D eigenvalue weighted by Gasteiger charge is 2.23.